The van der Waals surface area contributed by atoms with Crippen molar-refractivity contribution in [2.24, 2.45) is 7.05 Å². The van der Waals surface area contributed by atoms with Crippen LogP contribution in [0.3, 0.4) is 0 Å². The molecule has 1 atom stereocenters. The topological polar surface area (TPSA) is 30.7 Å². The van der Waals surface area contributed by atoms with Crippen molar-refractivity contribution in [1.29, 1.82) is 0 Å². The van der Waals surface area contributed by atoms with Gasteiger partial charge in [-0.3, -0.25) is 0 Å². The van der Waals surface area contributed by atoms with E-state index in [0.29, 0.717) is 0 Å². The minimum atomic E-state index is 0.817. The van der Waals surface area contributed by atoms with Crippen molar-refractivity contribution < 1.29 is 0 Å². The standard InChI is InChI=1S/C4H8N3P/c1-3-5-4(8)7(2)6-3/h8H2,1-2H3. The fourth-order valence-electron chi connectivity index (χ4n) is 0.529. The molecule has 1 heterocycles. The van der Waals surface area contributed by atoms with Crippen molar-refractivity contribution in [1.82, 2.24) is 14.8 Å². The fraction of sp³-hybridized carbons (Fsp3) is 0.500. The third kappa shape index (κ3) is 0.869. The van der Waals surface area contributed by atoms with E-state index in [1.165, 1.54) is 0 Å². The van der Waals surface area contributed by atoms with Crippen molar-refractivity contribution in [3.63, 3.8) is 0 Å². The first-order chi connectivity index (χ1) is 3.70. The third-order valence-corrected chi connectivity index (χ3v) is 1.41. The summed E-state index contributed by atoms with van der Waals surface area (Å²) in [6, 6.07) is 0. The van der Waals surface area contributed by atoms with Crippen molar-refractivity contribution in [3.05, 3.63) is 5.82 Å². The van der Waals surface area contributed by atoms with E-state index in [9.17, 15) is 0 Å². The molecule has 0 radical (unpaired) electrons. The van der Waals surface area contributed by atoms with Crippen LogP contribution in [-0.2, 0) is 7.05 Å². The number of aromatic nitrogens is 3. The van der Waals surface area contributed by atoms with Crippen molar-refractivity contribution >= 4 is 14.8 Å². The highest BCUT2D eigenvalue weighted by atomic mass is 31.0. The van der Waals surface area contributed by atoms with Crippen molar-refractivity contribution in [3.8, 4) is 0 Å². The summed E-state index contributed by atoms with van der Waals surface area (Å²) in [4.78, 5) is 4.03. The lowest BCUT2D eigenvalue weighted by Crippen LogP contribution is -2.06. The van der Waals surface area contributed by atoms with E-state index >= 15 is 0 Å². The minimum absolute atomic E-state index is 0.817. The van der Waals surface area contributed by atoms with Crippen LogP contribution in [0.25, 0.3) is 0 Å². The molecular weight excluding hydrogens is 121 g/mol. The maximum atomic E-state index is 4.03. The fourth-order valence-corrected chi connectivity index (χ4v) is 0.773. The third-order valence-electron chi connectivity index (χ3n) is 0.903. The van der Waals surface area contributed by atoms with Crippen LogP contribution in [0.15, 0.2) is 0 Å². The molecule has 0 saturated carbocycles. The maximum Gasteiger partial charge on any atom is 0.148 e. The van der Waals surface area contributed by atoms with Gasteiger partial charge >= 0.3 is 0 Å². The van der Waals surface area contributed by atoms with Gasteiger partial charge in [0.25, 0.3) is 0 Å². The average molecular weight is 129 g/mol. The Hall–Kier alpha value is -0.430. The Morgan fingerprint density at radius 2 is 2.25 bits per heavy atom. The molecule has 44 valence electrons. The number of nitrogens with zero attached hydrogens (tertiary/aromatic N) is 3. The molecule has 3 nitrogen and oxygen atoms in total. The zero-order chi connectivity index (χ0) is 6.15. The Balaban J connectivity index is 3.14. The van der Waals surface area contributed by atoms with Gasteiger partial charge in [0.15, 0.2) is 0 Å². The molecule has 4 heteroatoms. The lowest BCUT2D eigenvalue weighted by atomic mass is 10.8. The molecular formula is C4H8N3P. The highest BCUT2D eigenvalue weighted by Gasteiger charge is 1.93. The number of hydrogen-bond acceptors (Lipinski definition) is 2. The van der Waals surface area contributed by atoms with Gasteiger partial charge in [-0.2, -0.15) is 5.10 Å². The van der Waals surface area contributed by atoms with Crippen LogP contribution in [0.2, 0.25) is 0 Å². The Kier molecular flexibility index (Phi) is 1.30. The summed E-state index contributed by atoms with van der Waals surface area (Å²) in [5.74, 6) is 0.817. The normalized spacial score (nSPS) is 9.88. The lowest BCUT2D eigenvalue weighted by Gasteiger charge is -1.84. The van der Waals surface area contributed by atoms with Crippen LogP contribution < -0.4 is 5.57 Å². The van der Waals surface area contributed by atoms with E-state index in [4.69, 9.17) is 0 Å². The molecule has 0 amide bonds. The summed E-state index contributed by atoms with van der Waals surface area (Å²) in [6.07, 6.45) is 0. The molecule has 0 saturated heterocycles. The maximum absolute atomic E-state index is 4.03. The first kappa shape index (κ1) is 5.70. The zero-order valence-corrected chi connectivity index (χ0v) is 6.07. The van der Waals surface area contributed by atoms with Crippen LogP contribution in [0.1, 0.15) is 5.82 Å². The number of rotatable bonds is 0. The highest BCUT2D eigenvalue weighted by molar-refractivity contribution is 7.26. The quantitative estimate of drug-likeness (QED) is 0.447. The van der Waals surface area contributed by atoms with Crippen LogP contribution in [0.5, 0.6) is 0 Å². The molecule has 0 spiro atoms. The summed E-state index contributed by atoms with van der Waals surface area (Å²) in [6.45, 7) is 1.87. The van der Waals surface area contributed by atoms with Gasteiger partial charge in [-0.25, -0.2) is 9.67 Å². The Morgan fingerprint density at radius 1 is 1.62 bits per heavy atom. The minimum Gasteiger partial charge on any atom is -0.249 e. The van der Waals surface area contributed by atoms with E-state index < -0.39 is 0 Å². The van der Waals surface area contributed by atoms with Crippen LogP contribution >= 0.6 is 9.24 Å². The van der Waals surface area contributed by atoms with Gasteiger partial charge in [-0.1, -0.05) is 9.24 Å². The van der Waals surface area contributed by atoms with E-state index in [2.05, 4.69) is 19.3 Å². The molecule has 0 aliphatic carbocycles. The molecule has 0 N–H and O–H groups in total. The Bertz CT molecular complexity index is 174. The SMILES string of the molecule is Cc1nc(P)n(C)n1. The van der Waals surface area contributed by atoms with Crippen molar-refractivity contribution in [2.75, 3.05) is 0 Å². The van der Waals surface area contributed by atoms with E-state index in [1.807, 2.05) is 14.0 Å². The molecule has 1 unspecified atom stereocenters. The van der Waals surface area contributed by atoms with Gasteiger partial charge in [0.2, 0.25) is 0 Å². The Labute approximate surface area is 50.3 Å². The van der Waals surface area contributed by atoms with E-state index in [1.54, 1.807) is 4.68 Å². The number of hydrogen-bond donors (Lipinski definition) is 0. The predicted octanol–water partition coefficient (Wildman–Crippen LogP) is -0.376. The van der Waals surface area contributed by atoms with E-state index in [-0.39, 0.29) is 0 Å². The molecule has 0 bridgehead atoms. The van der Waals surface area contributed by atoms with E-state index in [0.717, 1.165) is 11.4 Å². The van der Waals surface area contributed by atoms with Gasteiger partial charge in [0, 0.05) is 7.05 Å². The predicted molar refractivity (Wildman–Crippen MR) is 35.1 cm³/mol. The summed E-state index contributed by atoms with van der Waals surface area (Å²) in [7, 11) is 4.36. The second-order valence-corrected chi connectivity index (χ2v) is 2.16. The highest BCUT2D eigenvalue weighted by Crippen LogP contribution is 1.84. The largest absolute Gasteiger partial charge is 0.249 e. The van der Waals surface area contributed by atoms with Crippen LogP contribution in [0, 0.1) is 6.92 Å². The summed E-state index contributed by atoms with van der Waals surface area (Å²) in [5, 5.41) is 4.00. The van der Waals surface area contributed by atoms with Crippen LogP contribution in [0.4, 0.5) is 0 Å². The second-order valence-electron chi connectivity index (χ2n) is 1.64. The second kappa shape index (κ2) is 1.82. The molecule has 8 heavy (non-hydrogen) atoms. The molecule has 0 fully saturated rings. The van der Waals surface area contributed by atoms with Gasteiger partial charge < -0.3 is 0 Å². The molecule has 0 aromatic carbocycles. The van der Waals surface area contributed by atoms with Gasteiger partial charge in [0.05, 0.1) is 0 Å². The summed E-state index contributed by atoms with van der Waals surface area (Å²) in [5.41, 5.74) is 0.877. The van der Waals surface area contributed by atoms with Gasteiger partial charge in [-0.15, -0.1) is 0 Å². The molecule has 1 rings (SSSR count). The first-order valence-electron chi connectivity index (χ1n) is 2.33. The zero-order valence-electron chi connectivity index (χ0n) is 4.92. The summed E-state index contributed by atoms with van der Waals surface area (Å²) < 4.78 is 1.72. The molecule has 1 aromatic rings. The molecule has 0 aliphatic rings. The summed E-state index contributed by atoms with van der Waals surface area (Å²) >= 11 is 0. The smallest absolute Gasteiger partial charge is 0.148 e. The van der Waals surface area contributed by atoms with Crippen LogP contribution in [-0.4, -0.2) is 14.8 Å². The Morgan fingerprint density at radius 3 is 2.38 bits per heavy atom. The molecule has 0 aliphatic heterocycles. The van der Waals surface area contributed by atoms with Gasteiger partial charge in [-0.05, 0) is 6.92 Å². The first-order valence-corrected chi connectivity index (χ1v) is 2.91. The average Bonchev–Trinajstić information content (AvgIpc) is 1.85. The van der Waals surface area contributed by atoms with Crippen molar-refractivity contribution in [2.45, 2.75) is 6.92 Å². The monoisotopic (exact) mass is 129 g/mol. The lowest BCUT2D eigenvalue weighted by molar-refractivity contribution is 0.778. The number of aryl methyl sites for hydroxylation is 2. The molecule has 1 aromatic heterocycles. The van der Waals surface area contributed by atoms with Gasteiger partial charge in [0.1, 0.15) is 11.4 Å².